The van der Waals surface area contributed by atoms with Gasteiger partial charge in [0, 0.05) is 45.3 Å². The lowest BCUT2D eigenvalue weighted by Gasteiger charge is -2.28. The van der Waals surface area contributed by atoms with Crippen LogP contribution in [0.25, 0.3) is 72.8 Å². The smallest absolute Gasteiger partial charge is 0.165 e. The van der Waals surface area contributed by atoms with Gasteiger partial charge in [-0.1, -0.05) is 152 Å². The van der Waals surface area contributed by atoms with Gasteiger partial charge in [0.05, 0.1) is 22.8 Å². The number of allylic oxidation sites excluding steroid dienone is 2. The molecule has 0 spiro atoms. The van der Waals surface area contributed by atoms with Crippen molar-refractivity contribution < 1.29 is 0 Å². The monoisotopic (exact) mass is 718 g/mol. The molecule has 6 nitrogen and oxygen atoms in total. The quantitative estimate of drug-likeness (QED) is 0.171. The van der Waals surface area contributed by atoms with Crippen molar-refractivity contribution in [1.29, 1.82) is 0 Å². The second kappa shape index (κ2) is 13.1. The molecule has 4 heterocycles. The maximum atomic E-state index is 5.21. The lowest BCUT2D eigenvalue weighted by atomic mass is 9.91. The van der Waals surface area contributed by atoms with Gasteiger partial charge in [-0.25, -0.2) is 19.9 Å². The van der Waals surface area contributed by atoms with Crippen molar-refractivity contribution in [2.45, 2.75) is 12.0 Å². The molecule has 0 fully saturated rings. The number of pyridine rings is 1. The summed E-state index contributed by atoms with van der Waals surface area (Å²) in [5.74, 6) is 2.86. The first-order valence-corrected chi connectivity index (χ1v) is 19.0. The summed E-state index contributed by atoms with van der Waals surface area (Å²) in [5, 5.41) is 2.45. The average Bonchev–Trinajstić information content (AvgIpc) is 3.80. The zero-order valence-corrected chi connectivity index (χ0v) is 30.3. The molecule has 0 saturated carbocycles. The molecule has 6 aromatic carbocycles. The summed E-state index contributed by atoms with van der Waals surface area (Å²) in [6.45, 7) is 0. The fourth-order valence-corrected chi connectivity index (χ4v) is 8.45. The molecule has 0 N–H and O–H groups in total. The van der Waals surface area contributed by atoms with E-state index in [-0.39, 0.29) is 12.0 Å². The lowest BCUT2D eigenvalue weighted by molar-refractivity contribution is 0.738. The molecule has 2 unspecified atom stereocenters. The number of benzene rings is 6. The Morgan fingerprint density at radius 2 is 1.11 bits per heavy atom. The van der Waals surface area contributed by atoms with E-state index in [1.807, 2.05) is 42.6 Å². The molecule has 2 atom stereocenters. The molecule has 1 aliphatic heterocycles. The molecule has 9 aromatic rings. The summed E-state index contributed by atoms with van der Waals surface area (Å²) in [5.41, 5.74) is 10.9. The van der Waals surface area contributed by atoms with Gasteiger partial charge in [0.15, 0.2) is 17.5 Å². The Morgan fingerprint density at radius 3 is 1.88 bits per heavy atom. The number of rotatable bonds is 6. The second-order valence-electron chi connectivity index (χ2n) is 14.3. The molecule has 6 heteroatoms. The first-order valence-electron chi connectivity index (χ1n) is 19.0. The molecule has 0 bridgehead atoms. The first-order chi connectivity index (χ1) is 27.8. The van der Waals surface area contributed by atoms with E-state index in [1.165, 1.54) is 33.1 Å². The summed E-state index contributed by atoms with van der Waals surface area (Å²) in [6, 6.07) is 57.1. The van der Waals surface area contributed by atoms with Gasteiger partial charge >= 0.3 is 0 Å². The normalized spacial score (nSPS) is 15.7. The molecule has 2 aliphatic rings. The Hall–Kier alpha value is -7.44. The van der Waals surface area contributed by atoms with Crippen LogP contribution in [0.15, 0.2) is 194 Å². The summed E-state index contributed by atoms with van der Waals surface area (Å²) >= 11 is 0. The van der Waals surface area contributed by atoms with Crippen LogP contribution in [0.2, 0.25) is 0 Å². The number of aromatic nitrogens is 5. The van der Waals surface area contributed by atoms with Gasteiger partial charge in [-0.15, -0.1) is 0 Å². The van der Waals surface area contributed by atoms with Gasteiger partial charge in [-0.3, -0.25) is 0 Å². The van der Waals surface area contributed by atoms with Gasteiger partial charge in [0.1, 0.15) is 5.82 Å². The molecule has 0 saturated heterocycles. The van der Waals surface area contributed by atoms with Crippen molar-refractivity contribution in [2.24, 2.45) is 0 Å². The maximum absolute atomic E-state index is 5.21. The minimum Gasteiger partial charge on any atom is -0.316 e. The van der Waals surface area contributed by atoms with Crippen LogP contribution < -0.4 is 4.90 Å². The molecule has 1 aliphatic carbocycles. The molecule has 0 amide bonds. The van der Waals surface area contributed by atoms with Crippen molar-refractivity contribution in [1.82, 2.24) is 24.5 Å². The van der Waals surface area contributed by atoms with Crippen LogP contribution in [0, 0.1) is 0 Å². The number of nitrogens with zero attached hydrogens (tertiary/aromatic N) is 6. The van der Waals surface area contributed by atoms with E-state index in [0.29, 0.717) is 17.5 Å². The van der Waals surface area contributed by atoms with E-state index in [0.717, 1.165) is 39.3 Å². The second-order valence-corrected chi connectivity index (χ2v) is 14.3. The van der Waals surface area contributed by atoms with Crippen LogP contribution >= 0.6 is 0 Å². The van der Waals surface area contributed by atoms with E-state index in [4.69, 9.17) is 19.9 Å². The molecule has 11 rings (SSSR count). The summed E-state index contributed by atoms with van der Waals surface area (Å²) in [7, 11) is 0. The topological polar surface area (TPSA) is 59.7 Å². The molecule has 0 radical (unpaired) electrons. The standard InChI is InChI=1S/C50H34N6/c1-4-15-33(16-5-1)35-19-14-20-36(31-35)49-52-48(34-17-6-2-7-18-34)53-50(54-49)37-27-30-45(51-32-37)56-44-26-13-11-24-40(44)42-29-28-41-39-23-10-12-25-43(39)55(46(41)47(42)56)38-21-8-3-9-22-38/h1-32,40,44H. The minimum atomic E-state index is 0.0755. The third-order valence-corrected chi connectivity index (χ3v) is 11.0. The van der Waals surface area contributed by atoms with Crippen LogP contribution in [0.5, 0.6) is 0 Å². The highest BCUT2D eigenvalue weighted by Gasteiger charge is 2.40. The zero-order valence-electron chi connectivity index (χ0n) is 30.3. The minimum absolute atomic E-state index is 0.0755. The highest BCUT2D eigenvalue weighted by atomic mass is 15.3. The number of para-hydroxylation sites is 2. The van der Waals surface area contributed by atoms with Crippen molar-refractivity contribution in [3.8, 4) is 51.0 Å². The van der Waals surface area contributed by atoms with Gasteiger partial charge in [0.25, 0.3) is 0 Å². The summed E-state index contributed by atoms with van der Waals surface area (Å²) in [4.78, 5) is 22.7. The predicted molar refractivity (Wildman–Crippen MR) is 227 cm³/mol. The number of hydrogen-bond donors (Lipinski definition) is 0. The fourth-order valence-electron chi connectivity index (χ4n) is 8.45. The van der Waals surface area contributed by atoms with E-state index >= 15 is 0 Å². The molecule has 56 heavy (non-hydrogen) atoms. The third-order valence-electron chi connectivity index (χ3n) is 11.0. The van der Waals surface area contributed by atoms with Crippen molar-refractivity contribution in [3.05, 3.63) is 200 Å². The van der Waals surface area contributed by atoms with E-state index in [2.05, 4.69) is 161 Å². The average molecular weight is 719 g/mol. The maximum Gasteiger partial charge on any atom is 0.165 e. The Bertz CT molecular complexity index is 2970. The predicted octanol–water partition coefficient (Wildman–Crippen LogP) is 11.8. The van der Waals surface area contributed by atoms with Crippen molar-refractivity contribution >= 4 is 33.3 Å². The SMILES string of the molecule is C1=CC2c3ccc4c5ccccc5n(-c5ccccc5)c4c3N(c3ccc(-c4nc(-c5ccccc5)nc(-c5cccc(-c6ccccc6)c5)n4)cn3)C2C=C1. The number of hydrogen-bond acceptors (Lipinski definition) is 5. The largest absolute Gasteiger partial charge is 0.316 e. The van der Waals surface area contributed by atoms with Crippen molar-refractivity contribution in [2.75, 3.05) is 4.90 Å². The molecule has 264 valence electrons. The van der Waals surface area contributed by atoms with Crippen LogP contribution in [-0.4, -0.2) is 30.5 Å². The Morgan fingerprint density at radius 1 is 0.464 bits per heavy atom. The lowest BCUT2D eigenvalue weighted by Crippen LogP contribution is -2.29. The summed E-state index contributed by atoms with van der Waals surface area (Å²) < 4.78 is 2.42. The Kier molecular flexibility index (Phi) is 7.52. The van der Waals surface area contributed by atoms with E-state index < -0.39 is 0 Å². The van der Waals surface area contributed by atoms with Gasteiger partial charge in [-0.05, 0) is 53.1 Å². The summed E-state index contributed by atoms with van der Waals surface area (Å²) in [6.07, 6.45) is 10.9. The van der Waals surface area contributed by atoms with Crippen LogP contribution in [0.3, 0.4) is 0 Å². The molecule has 3 aromatic heterocycles. The van der Waals surface area contributed by atoms with Crippen LogP contribution in [0.4, 0.5) is 11.5 Å². The van der Waals surface area contributed by atoms with E-state index in [1.54, 1.807) is 0 Å². The number of fused-ring (bicyclic) bond motifs is 7. The Balaban J connectivity index is 1.06. The fraction of sp³-hybridized carbons (Fsp3) is 0.0400. The van der Waals surface area contributed by atoms with Gasteiger partial charge in [-0.2, -0.15) is 0 Å². The highest BCUT2D eigenvalue weighted by molar-refractivity contribution is 6.15. The molecular formula is C50H34N6. The van der Waals surface area contributed by atoms with Crippen LogP contribution in [0.1, 0.15) is 11.5 Å². The Labute approximate surface area is 324 Å². The van der Waals surface area contributed by atoms with Crippen LogP contribution in [-0.2, 0) is 0 Å². The molecular weight excluding hydrogens is 685 g/mol. The van der Waals surface area contributed by atoms with Gasteiger partial charge < -0.3 is 9.47 Å². The zero-order chi connectivity index (χ0) is 37.0. The number of anilines is 2. The highest BCUT2D eigenvalue weighted by Crippen LogP contribution is 2.52. The van der Waals surface area contributed by atoms with Crippen molar-refractivity contribution in [3.63, 3.8) is 0 Å². The third kappa shape index (κ3) is 5.26. The first kappa shape index (κ1) is 32.0. The van der Waals surface area contributed by atoms with Gasteiger partial charge in [0.2, 0.25) is 0 Å². The van der Waals surface area contributed by atoms with E-state index in [9.17, 15) is 0 Å².